The van der Waals surface area contributed by atoms with E-state index in [1.165, 1.54) is 0 Å². The van der Waals surface area contributed by atoms with Crippen molar-refractivity contribution in [2.45, 2.75) is 39.8 Å². The predicted molar refractivity (Wildman–Crippen MR) is 238 cm³/mol. The van der Waals surface area contributed by atoms with E-state index in [4.69, 9.17) is 23.6 Å². The van der Waals surface area contributed by atoms with E-state index in [-0.39, 0.29) is 12.1 Å². The zero-order chi connectivity index (χ0) is 38.9. The highest BCUT2D eigenvalue weighted by Crippen LogP contribution is 2.44. The minimum absolute atomic E-state index is 0.176. The summed E-state index contributed by atoms with van der Waals surface area (Å²) in [6.07, 6.45) is 5.38. The van der Waals surface area contributed by atoms with Gasteiger partial charge < -0.3 is 13.6 Å². The first kappa shape index (κ1) is 35.7. The van der Waals surface area contributed by atoms with E-state index >= 15 is 0 Å². The van der Waals surface area contributed by atoms with Crippen molar-refractivity contribution in [1.29, 1.82) is 0 Å². The van der Waals surface area contributed by atoms with Gasteiger partial charge in [-0.15, -0.1) is 0 Å². The molecular formula is C52H42N2O3. The first-order valence-electron chi connectivity index (χ1n) is 19.7. The normalized spacial score (nSPS) is 15.5. The molecule has 0 aliphatic carbocycles. The van der Waals surface area contributed by atoms with Gasteiger partial charge in [-0.3, -0.25) is 4.99 Å². The van der Waals surface area contributed by atoms with E-state index in [2.05, 4.69) is 121 Å². The van der Waals surface area contributed by atoms with E-state index in [1.807, 2.05) is 70.2 Å². The maximum absolute atomic E-state index is 6.61. The summed E-state index contributed by atoms with van der Waals surface area (Å²) in [4.78, 5) is 9.62. The average Bonchev–Trinajstić information content (AvgIpc) is 3.98. The maximum Gasteiger partial charge on any atom is 0.168 e. The molecule has 2 aromatic heterocycles. The zero-order valence-corrected chi connectivity index (χ0v) is 32.4. The standard InChI is InChI=1S/C46H28N2O3.C4H8.C2H6/c1-3-13-39-34(11-1)36-23-30(15-18-41(36)49-39)27-7-5-8-28(21-27)32-17-20-43-38(25-32)45-46(51-43)44(47-26-48-45)33-10-6-9-29(22-33)31-16-19-42-37(24-31)35-12-2-4-14-40(35)50-42;1-3-4-2;1-2/h1-26,45-46H;3-4H,1-2H3;1-2H3/b;4-3-;. The second-order valence-corrected chi connectivity index (χ2v) is 14.0. The van der Waals surface area contributed by atoms with Crippen molar-refractivity contribution >= 4 is 55.9 Å². The lowest BCUT2D eigenvalue weighted by molar-refractivity contribution is 0.276. The molecule has 0 saturated carbocycles. The first-order chi connectivity index (χ1) is 28.1. The van der Waals surface area contributed by atoms with Crippen molar-refractivity contribution in [3.8, 4) is 39.1 Å². The molecule has 5 heteroatoms. The number of hydrogen-bond acceptors (Lipinski definition) is 5. The van der Waals surface area contributed by atoms with Crippen LogP contribution in [0.3, 0.4) is 0 Å². The summed E-state index contributed by atoms with van der Waals surface area (Å²) in [6, 6.07) is 52.7. The average molecular weight is 743 g/mol. The highest BCUT2D eigenvalue weighted by Gasteiger charge is 2.40. The molecule has 0 radical (unpaired) electrons. The molecule has 2 aliphatic rings. The third-order valence-corrected chi connectivity index (χ3v) is 10.7. The van der Waals surface area contributed by atoms with E-state index in [0.29, 0.717) is 0 Å². The van der Waals surface area contributed by atoms with Crippen LogP contribution in [0.5, 0.6) is 5.75 Å². The fourth-order valence-electron chi connectivity index (χ4n) is 7.82. The van der Waals surface area contributed by atoms with Gasteiger partial charge in [0, 0.05) is 32.7 Å². The summed E-state index contributed by atoms with van der Waals surface area (Å²) >= 11 is 0. The Bertz CT molecular complexity index is 3010. The van der Waals surface area contributed by atoms with Crippen molar-refractivity contribution in [1.82, 2.24) is 0 Å². The lowest BCUT2D eigenvalue weighted by Gasteiger charge is -2.21. The molecule has 7 aromatic carbocycles. The summed E-state index contributed by atoms with van der Waals surface area (Å²) in [7, 11) is 0. The lowest BCUT2D eigenvalue weighted by atomic mass is 9.92. The Hall–Kier alpha value is -6.98. The first-order valence-corrected chi connectivity index (χ1v) is 19.7. The molecule has 5 nitrogen and oxygen atoms in total. The molecule has 57 heavy (non-hydrogen) atoms. The van der Waals surface area contributed by atoms with Gasteiger partial charge in [0.1, 0.15) is 40.5 Å². The number of furan rings is 2. The van der Waals surface area contributed by atoms with Gasteiger partial charge in [-0.2, -0.15) is 0 Å². The highest BCUT2D eigenvalue weighted by molar-refractivity contribution is 6.11. The molecule has 0 saturated heterocycles. The Morgan fingerprint density at radius 3 is 1.51 bits per heavy atom. The number of hydrogen-bond donors (Lipinski definition) is 0. The number of nitrogens with zero attached hydrogens (tertiary/aromatic N) is 2. The van der Waals surface area contributed by atoms with Crippen LogP contribution in [-0.2, 0) is 0 Å². The fraction of sp³-hybridized carbons (Fsp3) is 0.115. The van der Waals surface area contributed by atoms with Gasteiger partial charge >= 0.3 is 0 Å². The maximum atomic E-state index is 6.61. The fourth-order valence-corrected chi connectivity index (χ4v) is 7.82. The topological polar surface area (TPSA) is 60.2 Å². The Balaban J connectivity index is 0.000000666. The molecular weight excluding hydrogens is 701 g/mol. The van der Waals surface area contributed by atoms with Crippen LogP contribution in [0.25, 0.3) is 77.3 Å². The minimum atomic E-state index is -0.307. The molecule has 2 aliphatic heterocycles. The summed E-state index contributed by atoms with van der Waals surface area (Å²) in [5, 5.41) is 4.49. The van der Waals surface area contributed by atoms with Crippen LogP contribution in [0.4, 0.5) is 0 Å². The van der Waals surface area contributed by atoms with Crippen LogP contribution in [0, 0.1) is 0 Å². The summed E-state index contributed by atoms with van der Waals surface area (Å²) < 4.78 is 18.8. The minimum Gasteiger partial charge on any atom is -0.481 e. The van der Waals surface area contributed by atoms with Gasteiger partial charge in [-0.05, 0) is 108 Å². The summed E-state index contributed by atoms with van der Waals surface area (Å²) in [5.74, 6) is 0.849. The lowest BCUT2D eigenvalue weighted by Crippen LogP contribution is -2.31. The molecule has 4 heterocycles. The molecule has 0 bridgehead atoms. The Kier molecular flexibility index (Phi) is 9.57. The van der Waals surface area contributed by atoms with Crippen molar-refractivity contribution < 1.29 is 13.6 Å². The van der Waals surface area contributed by atoms with Gasteiger partial charge in [0.05, 0.1) is 5.71 Å². The summed E-state index contributed by atoms with van der Waals surface area (Å²) in [5.41, 5.74) is 13.4. The number of fused-ring (bicyclic) bond motifs is 9. The van der Waals surface area contributed by atoms with Crippen molar-refractivity contribution in [3.63, 3.8) is 0 Å². The smallest absolute Gasteiger partial charge is 0.168 e. The molecule has 11 rings (SSSR count). The van der Waals surface area contributed by atoms with Crippen molar-refractivity contribution in [2.24, 2.45) is 9.98 Å². The third-order valence-electron chi connectivity index (χ3n) is 10.7. The van der Waals surface area contributed by atoms with Crippen LogP contribution >= 0.6 is 0 Å². The van der Waals surface area contributed by atoms with Crippen LogP contribution < -0.4 is 4.74 Å². The quantitative estimate of drug-likeness (QED) is 0.169. The zero-order valence-electron chi connectivity index (χ0n) is 32.4. The number of aliphatic imine (C=N–C) groups is 2. The number of ether oxygens (including phenoxy) is 1. The number of para-hydroxylation sites is 2. The number of benzene rings is 7. The van der Waals surface area contributed by atoms with Crippen LogP contribution in [0.2, 0.25) is 0 Å². The molecule has 278 valence electrons. The van der Waals surface area contributed by atoms with Crippen molar-refractivity contribution in [3.05, 3.63) is 175 Å². The largest absolute Gasteiger partial charge is 0.481 e. The second-order valence-electron chi connectivity index (χ2n) is 14.0. The van der Waals surface area contributed by atoms with Crippen LogP contribution in [-0.4, -0.2) is 18.2 Å². The SMILES string of the molecule is C/C=C\C.C1=NC2c3cc(-c4cccc(-c5ccc6oc7ccccc7c6c5)c4)ccc3OC2C(c2cccc(-c3ccc4oc5ccccc5c4c3)c2)=N1.CC. The van der Waals surface area contributed by atoms with Gasteiger partial charge in [-0.25, -0.2) is 4.99 Å². The Morgan fingerprint density at radius 2 is 0.930 bits per heavy atom. The van der Waals surface area contributed by atoms with E-state index in [1.54, 1.807) is 6.34 Å². The number of allylic oxidation sites excluding steroid dienone is 2. The van der Waals surface area contributed by atoms with Gasteiger partial charge in [0.25, 0.3) is 0 Å². The van der Waals surface area contributed by atoms with Crippen LogP contribution in [0.1, 0.15) is 44.9 Å². The third kappa shape index (κ3) is 6.51. The van der Waals surface area contributed by atoms with E-state index in [9.17, 15) is 0 Å². The highest BCUT2D eigenvalue weighted by atomic mass is 16.5. The van der Waals surface area contributed by atoms with Crippen molar-refractivity contribution in [2.75, 3.05) is 0 Å². The van der Waals surface area contributed by atoms with Gasteiger partial charge in [-0.1, -0.05) is 117 Å². The second kappa shape index (κ2) is 15.3. The Morgan fingerprint density at radius 1 is 0.456 bits per heavy atom. The molecule has 2 unspecified atom stereocenters. The molecule has 9 aromatic rings. The summed E-state index contributed by atoms with van der Waals surface area (Å²) in [6.45, 7) is 8.00. The van der Waals surface area contributed by atoms with E-state index < -0.39 is 0 Å². The van der Waals surface area contributed by atoms with Crippen LogP contribution in [0.15, 0.2) is 183 Å². The molecule has 2 atom stereocenters. The molecule has 0 fully saturated rings. The van der Waals surface area contributed by atoms with E-state index in [0.717, 1.165) is 99.8 Å². The monoisotopic (exact) mass is 742 g/mol. The predicted octanol–water partition coefficient (Wildman–Crippen LogP) is 14.4. The molecule has 0 spiro atoms. The van der Waals surface area contributed by atoms with Gasteiger partial charge in [0.15, 0.2) is 6.10 Å². The Labute approximate surface area is 332 Å². The molecule has 0 N–H and O–H groups in total. The van der Waals surface area contributed by atoms with Gasteiger partial charge in [0.2, 0.25) is 0 Å². The number of rotatable bonds is 4. The molecule has 0 amide bonds.